The van der Waals surface area contributed by atoms with Gasteiger partial charge in [0.15, 0.2) is 0 Å². The lowest BCUT2D eigenvalue weighted by Crippen LogP contribution is -2.10. The lowest BCUT2D eigenvalue weighted by atomic mass is 9.92. The first-order valence-corrected chi connectivity index (χ1v) is 11.1. The van der Waals surface area contributed by atoms with Crippen molar-refractivity contribution in [2.75, 3.05) is 7.11 Å². The van der Waals surface area contributed by atoms with Crippen LogP contribution in [0.25, 0.3) is 10.4 Å². The van der Waals surface area contributed by atoms with E-state index in [1.54, 1.807) is 6.07 Å². The minimum Gasteiger partial charge on any atom is -0.488 e. The Kier molecular flexibility index (Phi) is 7.02. The highest BCUT2D eigenvalue weighted by atomic mass is 32.1. The molecule has 2 aromatic heterocycles. The highest BCUT2D eigenvalue weighted by molar-refractivity contribution is 7.15. The largest absolute Gasteiger partial charge is 0.488 e. The second-order valence-corrected chi connectivity index (χ2v) is 8.62. The van der Waals surface area contributed by atoms with Crippen molar-refractivity contribution in [3.05, 3.63) is 94.7 Å². The van der Waals surface area contributed by atoms with Gasteiger partial charge in [0.2, 0.25) is 0 Å². The van der Waals surface area contributed by atoms with Crippen LogP contribution in [0.2, 0.25) is 0 Å². The summed E-state index contributed by atoms with van der Waals surface area (Å²) >= 11 is 1.46. The van der Waals surface area contributed by atoms with E-state index in [1.807, 2.05) is 36.4 Å². The molecule has 4 rings (SSSR count). The number of esters is 1. The van der Waals surface area contributed by atoms with Crippen LogP contribution in [0, 0.1) is 0 Å². The lowest BCUT2D eigenvalue weighted by Gasteiger charge is -2.14. The molecule has 0 aliphatic carbocycles. The van der Waals surface area contributed by atoms with Gasteiger partial charge in [-0.2, -0.15) is 13.2 Å². The first kappa shape index (κ1) is 23.6. The van der Waals surface area contributed by atoms with Crippen molar-refractivity contribution in [3.8, 4) is 16.2 Å². The van der Waals surface area contributed by atoms with Gasteiger partial charge >= 0.3 is 12.1 Å². The molecule has 0 unspecified atom stereocenters. The molecule has 0 aliphatic rings. The Hall–Kier alpha value is -3.59. The summed E-state index contributed by atoms with van der Waals surface area (Å²) in [5.74, 6) is -0.0103. The zero-order valence-corrected chi connectivity index (χ0v) is 18.9. The molecule has 0 fully saturated rings. The minimum absolute atomic E-state index is 0.130. The second kappa shape index (κ2) is 10.1. The molecular formula is C25H20F3NO4S. The third-order valence-electron chi connectivity index (χ3n) is 5.24. The lowest BCUT2D eigenvalue weighted by molar-refractivity contribution is -0.141. The summed E-state index contributed by atoms with van der Waals surface area (Å²) in [5.41, 5.74) is 1.55. The molecule has 0 aliphatic heterocycles. The number of thiophene rings is 1. The molecule has 34 heavy (non-hydrogen) atoms. The molecule has 2 aromatic carbocycles. The summed E-state index contributed by atoms with van der Waals surface area (Å²) in [6.45, 7) is 0.319. The van der Waals surface area contributed by atoms with Gasteiger partial charge in [-0.3, -0.25) is 4.79 Å². The van der Waals surface area contributed by atoms with Crippen LogP contribution < -0.4 is 4.74 Å². The molecule has 2 heterocycles. The van der Waals surface area contributed by atoms with E-state index in [0.29, 0.717) is 18.1 Å². The van der Waals surface area contributed by atoms with Crippen LogP contribution in [-0.4, -0.2) is 18.2 Å². The fourth-order valence-electron chi connectivity index (χ4n) is 3.43. The standard InChI is InChI=1S/C25H20F3NO4S/c1-31-24(30)14-21(22-12-13-33-29-22)16-4-8-19(9-5-16)32-15-20-10-11-23(34-20)17-2-6-18(7-3-17)25(26,27)28/h2-13,21H,14-15H2,1H3/t21-/m0/s1. The van der Waals surface area contributed by atoms with Crippen LogP contribution in [-0.2, 0) is 22.3 Å². The second-order valence-electron chi connectivity index (χ2n) is 7.46. The molecule has 176 valence electrons. The minimum atomic E-state index is -4.35. The van der Waals surface area contributed by atoms with Crippen LogP contribution in [0.15, 0.2) is 77.5 Å². The van der Waals surface area contributed by atoms with Gasteiger partial charge in [-0.05, 0) is 47.5 Å². The number of aromatic nitrogens is 1. The average Bonchev–Trinajstić information content (AvgIpc) is 3.53. The quantitative estimate of drug-likeness (QED) is 0.259. The zero-order chi connectivity index (χ0) is 24.1. The number of methoxy groups -OCH3 is 1. The molecule has 0 N–H and O–H groups in total. The summed E-state index contributed by atoms with van der Waals surface area (Å²) in [6, 6.07) is 17.9. The maximum atomic E-state index is 12.8. The van der Waals surface area contributed by atoms with E-state index in [-0.39, 0.29) is 18.3 Å². The van der Waals surface area contributed by atoms with Gasteiger partial charge < -0.3 is 14.0 Å². The number of carbonyl (C=O) groups is 1. The highest BCUT2D eigenvalue weighted by Crippen LogP contribution is 2.34. The number of hydrogen-bond donors (Lipinski definition) is 0. The molecule has 0 amide bonds. The summed E-state index contributed by atoms with van der Waals surface area (Å²) in [4.78, 5) is 13.6. The van der Waals surface area contributed by atoms with Crippen molar-refractivity contribution in [1.82, 2.24) is 5.16 Å². The van der Waals surface area contributed by atoms with Crippen molar-refractivity contribution >= 4 is 17.3 Å². The van der Waals surface area contributed by atoms with Crippen LogP contribution in [0.5, 0.6) is 5.75 Å². The summed E-state index contributed by atoms with van der Waals surface area (Å²) in [7, 11) is 1.34. The molecule has 0 radical (unpaired) electrons. The van der Waals surface area contributed by atoms with E-state index in [1.165, 1.54) is 36.8 Å². The fourth-order valence-corrected chi connectivity index (χ4v) is 4.36. The normalized spacial score (nSPS) is 12.4. The van der Waals surface area contributed by atoms with Gasteiger partial charge in [0.1, 0.15) is 18.6 Å². The SMILES string of the molecule is COC(=O)C[C@@H](c1ccc(OCc2ccc(-c3ccc(C(F)(F)F)cc3)s2)cc1)c1ccon1. The van der Waals surface area contributed by atoms with Gasteiger partial charge in [0.25, 0.3) is 0 Å². The van der Waals surface area contributed by atoms with E-state index < -0.39 is 11.7 Å². The molecule has 0 bridgehead atoms. The Labute approximate surface area is 197 Å². The molecule has 4 aromatic rings. The number of benzene rings is 2. The van der Waals surface area contributed by atoms with Crippen molar-refractivity contribution in [3.63, 3.8) is 0 Å². The van der Waals surface area contributed by atoms with Crippen LogP contribution in [0.4, 0.5) is 13.2 Å². The van der Waals surface area contributed by atoms with Crippen LogP contribution >= 0.6 is 11.3 Å². The fraction of sp³-hybridized carbons (Fsp3) is 0.200. The molecule has 1 atom stereocenters. The van der Waals surface area contributed by atoms with Gasteiger partial charge in [-0.25, -0.2) is 0 Å². The zero-order valence-electron chi connectivity index (χ0n) is 18.0. The van der Waals surface area contributed by atoms with Crippen LogP contribution in [0.1, 0.15) is 34.0 Å². The van der Waals surface area contributed by atoms with Crippen molar-refractivity contribution < 1.29 is 32.0 Å². The Bertz CT molecular complexity index is 1220. The Balaban J connectivity index is 1.40. The van der Waals surface area contributed by atoms with E-state index in [0.717, 1.165) is 33.0 Å². The molecule has 0 saturated carbocycles. The van der Waals surface area contributed by atoms with Gasteiger partial charge in [0, 0.05) is 21.7 Å². The maximum absolute atomic E-state index is 12.8. The van der Waals surface area contributed by atoms with Crippen molar-refractivity contribution in [2.24, 2.45) is 0 Å². The van der Waals surface area contributed by atoms with Crippen LogP contribution in [0.3, 0.4) is 0 Å². The molecular weight excluding hydrogens is 467 g/mol. The average molecular weight is 487 g/mol. The molecule has 0 spiro atoms. The highest BCUT2D eigenvalue weighted by Gasteiger charge is 2.30. The maximum Gasteiger partial charge on any atom is 0.416 e. The molecule has 5 nitrogen and oxygen atoms in total. The number of rotatable bonds is 8. The third-order valence-corrected chi connectivity index (χ3v) is 6.34. The number of halogens is 3. The Morgan fingerprint density at radius 1 is 1.03 bits per heavy atom. The monoisotopic (exact) mass is 487 g/mol. The molecule has 0 saturated heterocycles. The van der Waals surface area contributed by atoms with E-state index in [4.69, 9.17) is 14.0 Å². The topological polar surface area (TPSA) is 61.6 Å². The first-order valence-electron chi connectivity index (χ1n) is 10.3. The van der Waals surface area contributed by atoms with Crippen molar-refractivity contribution in [2.45, 2.75) is 25.1 Å². The van der Waals surface area contributed by atoms with E-state index in [9.17, 15) is 18.0 Å². The smallest absolute Gasteiger partial charge is 0.416 e. The summed E-state index contributed by atoms with van der Waals surface area (Å²) in [6.07, 6.45) is -2.76. The number of nitrogens with zero attached hydrogens (tertiary/aromatic N) is 1. The summed E-state index contributed by atoms with van der Waals surface area (Å²) in [5, 5.41) is 3.95. The predicted molar refractivity (Wildman–Crippen MR) is 121 cm³/mol. The van der Waals surface area contributed by atoms with Crippen molar-refractivity contribution in [1.29, 1.82) is 0 Å². The number of carbonyl (C=O) groups excluding carboxylic acids is 1. The summed E-state index contributed by atoms with van der Waals surface area (Å²) < 4.78 is 53.9. The Morgan fingerprint density at radius 3 is 2.38 bits per heavy atom. The Morgan fingerprint density at radius 2 is 1.76 bits per heavy atom. The van der Waals surface area contributed by atoms with E-state index >= 15 is 0 Å². The number of hydrogen-bond acceptors (Lipinski definition) is 6. The third kappa shape index (κ3) is 5.66. The molecule has 9 heteroatoms. The number of ether oxygens (including phenoxy) is 2. The predicted octanol–water partition coefficient (Wildman–Crippen LogP) is 6.70. The van der Waals surface area contributed by atoms with Gasteiger partial charge in [-0.15, -0.1) is 11.3 Å². The van der Waals surface area contributed by atoms with E-state index in [2.05, 4.69) is 5.16 Å². The number of alkyl halides is 3. The van der Waals surface area contributed by atoms with Gasteiger partial charge in [-0.1, -0.05) is 29.4 Å². The first-order chi connectivity index (χ1) is 16.3. The van der Waals surface area contributed by atoms with Gasteiger partial charge in [0.05, 0.1) is 24.8 Å².